The first kappa shape index (κ1) is 14.6. The lowest BCUT2D eigenvalue weighted by Gasteiger charge is -2.31. The van der Waals surface area contributed by atoms with Crippen LogP contribution in [0.3, 0.4) is 0 Å². The fraction of sp³-hybridized carbons (Fsp3) is 0.412. The molecule has 0 spiro atoms. The van der Waals surface area contributed by atoms with Crippen LogP contribution in [0.2, 0.25) is 0 Å². The number of anilines is 1. The molecule has 0 atom stereocenters. The molecule has 0 amide bonds. The third-order valence-electron chi connectivity index (χ3n) is 3.89. The third kappa shape index (κ3) is 4.06. The molecule has 112 valence electrons. The van der Waals surface area contributed by atoms with Crippen molar-refractivity contribution in [3.8, 4) is 0 Å². The lowest BCUT2D eigenvalue weighted by molar-refractivity contribution is 0.585. The number of benzene rings is 1. The van der Waals surface area contributed by atoms with Gasteiger partial charge in [0.2, 0.25) is 0 Å². The maximum absolute atomic E-state index is 3.58. The van der Waals surface area contributed by atoms with Crippen LogP contribution in [-0.2, 0) is 13.0 Å². The summed E-state index contributed by atoms with van der Waals surface area (Å²) in [7, 11) is 0. The van der Waals surface area contributed by atoms with Gasteiger partial charge in [-0.25, -0.2) is 0 Å². The molecule has 0 bridgehead atoms. The molecule has 2 heterocycles. The standard InChI is InChI=1S/C17H23N3S/c1-2-6-17(20-11-9-18-10-12-20)15(4-1)14-19-8-7-16-5-3-13-21-16/h1-6,13,18-19H,7-12,14H2. The molecule has 0 unspecified atom stereocenters. The highest BCUT2D eigenvalue weighted by Gasteiger charge is 2.13. The Labute approximate surface area is 131 Å². The smallest absolute Gasteiger partial charge is 0.0412 e. The van der Waals surface area contributed by atoms with Crippen molar-refractivity contribution >= 4 is 17.0 Å². The van der Waals surface area contributed by atoms with Crippen molar-refractivity contribution in [2.45, 2.75) is 13.0 Å². The van der Waals surface area contributed by atoms with Gasteiger partial charge >= 0.3 is 0 Å². The minimum absolute atomic E-state index is 0.950. The Morgan fingerprint density at radius 3 is 2.76 bits per heavy atom. The monoisotopic (exact) mass is 301 g/mol. The van der Waals surface area contributed by atoms with Crippen molar-refractivity contribution < 1.29 is 0 Å². The van der Waals surface area contributed by atoms with Gasteiger partial charge in [-0.3, -0.25) is 0 Å². The Morgan fingerprint density at radius 2 is 1.95 bits per heavy atom. The summed E-state index contributed by atoms with van der Waals surface area (Å²) in [6.45, 7) is 6.36. The SMILES string of the molecule is c1csc(CCNCc2ccccc2N2CCNCC2)c1. The van der Waals surface area contributed by atoms with E-state index in [0.29, 0.717) is 0 Å². The average Bonchev–Trinajstić information content (AvgIpc) is 3.06. The maximum Gasteiger partial charge on any atom is 0.0412 e. The summed E-state index contributed by atoms with van der Waals surface area (Å²) in [5.41, 5.74) is 2.80. The first-order valence-corrected chi connectivity index (χ1v) is 8.58. The molecule has 1 aromatic heterocycles. The molecule has 0 radical (unpaired) electrons. The van der Waals surface area contributed by atoms with E-state index >= 15 is 0 Å². The van der Waals surface area contributed by atoms with Gasteiger partial charge in [0.15, 0.2) is 0 Å². The molecule has 3 nitrogen and oxygen atoms in total. The molecule has 0 aliphatic carbocycles. The van der Waals surface area contributed by atoms with Crippen LogP contribution < -0.4 is 15.5 Å². The largest absolute Gasteiger partial charge is 0.369 e. The molecule has 3 rings (SSSR count). The van der Waals surface area contributed by atoms with Crippen molar-refractivity contribution in [3.63, 3.8) is 0 Å². The normalized spacial score (nSPS) is 15.3. The van der Waals surface area contributed by atoms with E-state index in [1.807, 2.05) is 11.3 Å². The van der Waals surface area contributed by atoms with E-state index in [1.54, 1.807) is 0 Å². The van der Waals surface area contributed by atoms with Gasteiger partial charge in [0.25, 0.3) is 0 Å². The van der Waals surface area contributed by atoms with Gasteiger partial charge < -0.3 is 15.5 Å². The van der Waals surface area contributed by atoms with E-state index in [9.17, 15) is 0 Å². The first-order valence-electron chi connectivity index (χ1n) is 7.70. The predicted octanol–water partition coefficient (Wildman–Crippen LogP) is 2.49. The number of nitrogens with zero attached hydrogens (tertiary/aromatic N) is 1. The van der Waals surface area contributed by atoms with E-state index in [0.717, 1.165) is 45.7 Å². The quantitative estimate of drug-likeness (QED) is 0.803. The second kappa shape index (κ2) is 7.59. The number of para-hydroxylation sites is 1. The zero-order valence-corrected chi connectivity index (χ0v) is 13.2. The van der Waals surface area contributed by atoms with Crippen molar-refractivity contribution in [3.05, 3.63) is 52.2 Å². The molecule has 1 saturated heterocycles. The van der Waals surface area contributed by atoms with E-state index in [1.165, 1.54) is 16.1 Å². The molecule has 4 heteroatoms. The van der Waals surface area contributed by atoms with Crippen LogP contribution in [0.15, 0.2) is 41.8 Å². The fourth-order valence-electron chi connectivity index (χ4n) is 2.76. The van der Waals surface area contributed by atoms with Crippen LogP contribution in [0.4, 0.5) is 5.69 Å². The second-order valence-electron chi connectivity index (χ2n) is 5.37. The Hall–Kier alpha value is -1.36. The molecule has 21 heavy (non-hydrogen) atoms. The Kier molecular flexibility index (Phi) is 5.27. The number of nitrogens with one attached hydrogen (secondary N) is 2. The molecular weight excluding hydrogens is 278 g/mol. The lowest BCUT2D eigenvalue weighted by Crippen LogP contribution is -2.44. The summed E-state index contributed by atoms with van der Waals surface area (Å²) in [4.78, 5) is 3.95. The number of rotatable bonds is 6. The van der Waals surface area contributed by atoms with Crippen LogP contribution in [0.5, 0.6) is 0 Å². The maximum atomic E-state index is 3.58. The van der Waals surface area contributed by atoms with Gasteiger partial charge in [-0.2, -0.15) is 0 Å². The topological polar surface area (TPSA) is 27.3 Å². The highest BCUT2D eigenvalue weighted by Crippen LogP contribution is 2.20. The van der Waals surface area contributed by atoms with E-state index in [4.69, 9.17) is 0 Å². The molecule has 2 aromatic rings. The Bertz CT molecular complexity index is 533. The Balaban J connectivity index is 1.54. The second-order valence-corrected chi connectivity index (χ2v) is 6.40. The van der Waals surface area contributed by atoms with Gasteiger partial charge in [-0.05, 0) is 29.5 Å². The number of hydrogen-bond donors (Lipinski definition) is 2. The number of hydrogen-bond acceptors (Lipinski definition) is 4. The van der Waals surface area contributed by atoms with Crippen molar-refractivity contribution in [1.29, 1.82) is 0 Å². The average molecular weight is 301 g/mol. The van der Waals surface area contributed by atoms with Crippen LogP contribution >= 0.6 is 11.3 Å². The molecule has 1 aliphatic rings. The zero-order chi connectivity index (χ0) is 14.3. The summed E-state index contributed by atoms with van der Waals surface area (Å²) in [6.07, 6.45) is 1.12. The first-order chi connectivity index (χ1) is 10.4. The van der Waals surface area contributed by atoms with Gasteiger partial charge in [-0.15, -0.1) is 11.3 Å². The summed E-state index contributed by atoms with van der Waals surface area (Å²) in [6, 6.07) is 13.1. The van der Waals surface area contributed by atoms with E-state index < -0.39 is 0 Å². The van der Waals surface area contributed by atoms with Crippen LogP contribution in [0.25, 0.3) is 0 Å². The third-order valence-corrected chi connectivity index (χ3v) is 4.83. The van der Waals surface area contributed by atoms with Crippen LogP contribution in [-0.4, -0.2) is 32.7 Å². The number of thiophene rings is 1. The van der Waals surface area contributed by atoms with Gasteiger partial charge in [0.1, 0.15) is 0 Å². The molecule has 2 N–H and O–H groups in total. The molecule has 1 aromatic carbocycles. The highest BCUT2D eigenvalue weighted by molar-refractivity contribution is 7.09. The van der Waals surface area contributed by atoms with Crippen LogP contribution in [0, 0.1) is 0 Å². The summed E-state index contributed by atoms with van der Waals surface area (Å²) < 4.78 is 0. The van der Waals surface area contributed by atoms with Crippen molar-refractivity contribution in [1.82, 2.24) is 10.6 Å². The number of piperazine rings is 1. The minimum atomic E-state index is 0.950. The predicted molar refractivity (Wildman–Crippen MR) is 91.3 cm³/mol. The molecule has 1 fully saturated rings. The van der Waals surface area contributed by atoms with E-state index in [-0.39, 0.29) is 0 Å². The summed E-state index contributed by atoms with van der Waals surface area (Å²) in [5, 5.41) is 9.15. The minimum Gasteiger partial charge on any atom is -0.369 e. The van der Waals surface area contributed by atoms with Crippen molar-refractivity contribution in [2.75, 3.05) is 37.6 Å². The van der Waals surface area contributed by atoms with Gasteiger partial charge in [-0.1, -0.05) is 24.3 Å². The Morgan fingerprint density at radius 1 is 1.10 bits per heavy atom. The highest BCUT2D eigenvalue weighted by atomic mass is 32.1. The molecule has 0 saturated carbocycles. The molecule has 1 aliphatic heterocycles. The summed E-state index contributed by atoms with van der Waals surface area (Å²) in [5.74, 6) is 0. The van der Waals surface area contributed by atoms with Crippen LogP contribution in [0.1, 0.15) is 10.4 Å². The van der Waals surface area contributed by atoms with Gasteiger partial charge in [0, 0.05) is 49.8 Å². The van der Waals surface area contributed by atoms with Gasteiger partial charge in [0.05, 0.1) is 0 Å². The zero-order valence-electron chi connectivity index (χ0n) is 12.3. The summed E-state index contributed by atoms with van der Waals surface area (Å²) >= 11 is 1.84. The fourth-order valence-corrected chi connectivity index (χ4v) is 3.47. The molecular formula is C17H23N3S. The van der Waals surface area contributed by atoms with E-state index in [2.05, 4.69) is 57.3 Å². The van der Waals surface area contributed by atoms with Crippen molar-refractivity contribution in [2.24, 2.45) is 0 Å². The lowest BCUT2D eigenvalue weighted by atomic mass is 10.1.